The summed E-state index contributed by atoms with van der Waals surface area (Å²) >= 11 is 0. The third-order valence-electron chi connectivity index (χ3n) is 5.96. The number of aromatic nitrogens is 2. The fourth-order valence-corrected chi connectivity index (χ4v) is 5.52. The Morgan fingerprint density at radius 2 is 1.81 bits per heavy atom. The maximum atomic E-state index is 12.8. The molecule has 0 aliphatic heterocycles. The van der Waals surface area contributed by atoms with E-state index in [9.17, 15) is 13.2 Å². The molecule has 8 heteroatoms. The number of aryl methyl sites for hydroxylation is 1. The Bertz CT molecular complexity index is 1170. The van der Waals surface area contributed by atoms with Crippen LogP contribution in [0.1, 0.15) is 50.0 Å². The van der Waals surface area contributed by atoms with Gasteiger partial charge in [-0.2, -0.15) is 0 Å². The van der Waals surface area contributed by atoms with Crippen LogP contribution < -0.4 is 10.0 Å². The van der Waals surface area contributed by atoms with Crippen molar-refractivity contribution < 1.29 is 13.2 Å². The molecule has 1 heterocycles. The Morgan fingerprint density at radius 1 is 1.10 bits per heavy atom. The molecule has 164 valence electrons. The quantitative estimate of drug-likeness (QED) is 0.545. The summed E-state index contributed by atoms with van der Waals surface area (Å²) in [6, 6.07) is 14.6. The van der Waals surface area contributed by atoms with Crippen LogP contribution in [0, 0.1) is 12.8 Å². The largest absolute Gasteiger partial charge is 0.349 e. The van der Waals surface area contributed by atoms with Crippen LogP contribution in [0.2, 0.25) is 0 Å². The predicted octanol–water partition coefficient (Wildman–Crippen LogP) is 3.59. The van der Waals surface area contributed by atoms with Gasteiger partial charge in [0, 0.05) is 12.0 Å². The van der Waals surface area contributed by atoms with E-state index in [0.717, 1.165) is 16.9 Å². The van der Waals surface area contributed by atoms with Crippen LogP contribution in [-0.2, 0) is 14.8 Å². The highest BCUT2D eigenvalue weighted by atomic mass is 32.2. The van der Waals surface area contributed by atoms with Crippen molar-refractivity contribution >= 4 is 27.0 Å². The molecule has 1 amide bonds. The molecular formula is C23H28N4O3S. The van der Waals surface area contributed by atoms with Crippen LogP contribution in [0.15, 0.2) is 53.4 Å². The maximum absolute atomic E-state index is 12.8. The van der Waals surface area contributed by atoms with Gasteiger partial charge in [-0.05, 0) is 63.3 Å². The molecule has 0 unspecified atom stereocenters. The maximum Gasteiger partial charge on any atom is 0.240 e. The third-order valence-corrected chi connectivity index (χ3v) is 7.48. The Kier molecular flexibility index (Phi) is 6.11. The molecular weight excluding hydrogens is 412 g/mol. The number of benzene rings is 2. The molecule has 1 fully saturated rings. The average Bonchev–Trinajstić information content (AvgIpc) is 3.13. The normalized spacial score (nSPS) is 20.5. The number of amides is 1. The van der Waals surface area contributed by atoms with E-state index in [1.165, 1.54) is 0 Å². The number of H-pyrrole nitrogens is 1. The number of nitrogens with zero attached hydrogens (tertiary/aromatic N) is 1. The monoisotopic (exact) mass is 440 g/mol. The molecule has 1 aliphatic rings. The Morgan fingerprint density at radius 3 is 2.52 bits per heavy atom. The molecule has 3 aromatic rings. The second-order valence-corrected chi connectivity index (χ2v) is 10.0. The van der Waals surface area contributed by atoms with E-state index in [2.05, 4.69) is 20.0 Å². The molecule has 2 aromatic carbocycles. The van der Waals surface area contributed by atoms with Crippen molar-refractivity contribution in [3.05, 3.63) is 59.9 Å². The van der Waals surface area contributed by atoms with E-state index in [4.69, 9.17) is 0 Å². The van der Waals surface area contributed by atoms with E-state index in [0.29, 0.717) is 31.2 Å². The van der Waals surface area contributed by atoms with Crippen molar-refractivity contribution in [3.63, 3.8) is 0 Å². The number of nitrogens with one attached hydrogen (secondary N) is 3. The lowest BCUT2D eigenvalue weighted by Crippen LogP contribution is -2.41. The van der Waals surface area contributed by atoms with Crippen molar-refractivity contribution in [1.82, 2.24) is 20.0 Å². The smallest absolute Gasteiger partial charge is 0.240 e. The summed E-state index contributed by atoms with van der Waals surface area (Å²) in [7, 11) is -3.64. The van der Waals surface area contributed by atoms with Crippen molar-refractivity contribution in [2.75, 3.05) is 0 Å². The van der Waals surface area contributed by atoms with E-state index >= 15 is 0 Å². The summed E-state index contributed by atoms with van der Waals surface area (Å²) in [5.41, 5.74) is 2.52. The van der Waals surface area contributed by atoms with E-state index in [1.807, 2.05) is 44.2 Å². The van der Waals surface area contributed by atoms with Crippen LogP contribution in [0.4, 0.5) is 0 Å². The van der Waals surface area contributed by atoms with Gasteiger partial charge in [-0.15, -0.1) is 0 Å². The lowest BCUT2D eigenvalue weighted by atomic mass is 9.85. The molecule has 0 bridgehead atoms. The summed E-state index contributed by atoms with van der Waals surface area (Å²) in [6.45, 7) is 3.81. The topological polar surface area (TPSA) is 104 Å². The van der Waals surface area contributed by atoms with Crippen molar-refractivity contribution in [3.8, 4) is 0 Å². The van der Waals surface area contributed by atoms with Crippen LogP contribution in [0.25, 0.3) is 11.0 Å². The zero-order chi connectivity index (χ0) is 22.0. The van der Waals surface area contributed by atoms with E-state index < -0.39 is 10.0 Å². The lowest BCUT2D eigenvalue weighted by Gasteiger charge is -2.29. The summed E-state index contributed by atoms with van der Waals surface area (Å²) in [5.74, 6) is 0.697. The summed E-state index contributed by atoms with van der Waals surface area (Å²) in [4.78, 5) is 20.3. The molecule has 4 rings (SSSR count). The Hall–Kier alpha value is -2.71. The predicted molar refractivity (Wildman–Crippen MR) is 120 cm³/mol. The first-order valence-electron chi connectivity index (χ1n) is 10.7. The fraction of sp³-hybridized carbons (Fsp3) is 0.391. The summed E-state index contributed by atoms with van der Waals surface area (Å²) in [5, 5.41) is 3.09. The number of hydrogen-bond donors (Lipinski definition) is 3. The molecule has 0 saturated heterocycles. The molecule has 0 spiro atoms. The number of imidazole rings is 1. The SMILES string of the molecule is Cc1nc2cc(S(=O)(=O)N[C@H]3CC[C@H](C(=O)N[C@H](C)c4ccccc4)CC3)ccc2[nH]1. The van der Waals surface area contributed by atoms with Gasteiger partial charge in [-0.3, -0.25) is 4.79 Å². The van der Waals surface area contributed by atoms with E-state index in [1.54, 1.807) is 18.2 Å². The minimum Gasteiger partial charge on any atom is -0.349 e. The van der Waals surface area contributed by atoms with Gasteiger partial charge >= 0.3 is 0 Å². The van der Waals surface area contributed by atoms with Crippen LogP contribution in [-0.4, -0.2) is 30.3 Å². The Labute approximate surface area is 182 Å². The van der Waals surface area contributed by atoms with Gasteiger partial charge in [-0.25, -0.2) is 18.1 Å². The number of carbonyl (C=O) groups excluding carboxylic acids is 1. The minimum absolute atomic E-state index is 0.0389. The van der Waals surface area contributed by atoms with Gasteiger partial charge < -0.3 is 10.3 Å². The fourth-order valence-electron chi connectivity index (χ4n) is 4.20. The first-order chi connectivity index (χ1) is 14.8. The first kappa shape index (κ1) is 21.5. The molecule has 0 radical (unpaired) electrons. The van der Waals surface area contributed by atoms with Crippen LogP contribution in [0.3, 0.4) is 0 Å². The molecule has 1 atom stereocenters. The van der Waals surface area contributed by atoms with Crippen LogP contribution in [0.5, 0.6) is 0 Å². The second kappa shape index (κ2) is 8.80. The molecule has 3 N–H and O–H groups in total. The molecule has 7 nitrogen and oxygen atoms in total. The summed E-state index contributed by atoms with van der Waals surface area (Å²) in [6.07, 6.45) is 2.61. The second-order valence-electron chi connectivity index (χ2n) is 8.31. The first-order valence-corrected chi connectivity index (χ1v) is 12.1. The zero-order valence-corrected chi connectivity index (χ0v) is 18.6. The highest BCUT2D eigenvalue weighted by Crippen LogP contribution is 2.27. The van der Waals surface area contributed by atoms with Gasteiger partial charge in [0.05, 0.1) is 22.0 Å². The van der Waals surface area contributed by atoms with Gasteiger partial charge in [0.25, 0.3) is 0 Å². The van der Waals surface area contributed by atoms with Crippen LogP contribution >= 0.6 is 0 Å². The van der Waals surface area contributed by atoms with Gasteiger partial charge in [0.2, 0.25) is 15.9 Å². The minimum atomic E-state index is -3.64. The number of fused-ring (bicyclic) bond motifs is 1. The van der Waals surface area contributed by atoms with Gasteiger partial charge in [0.1, 0.15) is 5.82 Å². The molecule has 1 aromatic heterocycles. The highest BCUT2D eigenvalue weighted by Gasteiger charge is 2.30. The highest BCUT2D eigenvalue weighted by molar-refractivity contribution is 7.89. The molecule has 31 heavy (non-hydrogen) atoms. The lowest BCUT2D eigenvalue weighted by molar-refractivity contribution is -0.126. The average molecular weight is 441 g/mol. The molecule has 1 saturated carbocycles. The van der Waals surface area contributed by atoms with Crippen molar-refractivity contribution in [1.29, 1.82) is 0 Å². The number of aromatic amines is 1. The van der Waals surface area contributed by atoms with E-state index in [-0.39, 0.29) is 28.8 Å². The number of hydrogen-bond acceptors (Lipinski definition) is 4. The summed E-state index contributed by atoms with van der Waals surface area (Å²) < 4.78 is 28.5. The van der Waals surface area contributed by atoms with Crippen molar-refractivity contribution in [2.45, 2.75) is 56.5 Å². The van der Waals surface area contributed by atoms with Gasteiger partial charge in [0.15, 0.2) is 0 Å². The van der Waals surface area contributed by atoms with Gasteiger partial charge in [-0.1, -0.05) is 30.3 Å². The Balaban J connectivity index is 1.33. The standard InChI is InChI=1S/C23H28N4O3S/c1-15(17-6-4-3-5-7-17)24-23(28)18-8-10-19(11-9-18)27-31(29,30)20-12-13-21-22(14-20)26-16(2)25-21/h3-7,12-15,18-19,27H,8-11H2,1-2H3,(H,24,28)(H,25,26)/t15-,18-,19-/m1/s1. The number of carbonyl (C=O) groups is 1. The number of rotatable bonds is 6. The third kappa shape index (κ3) is 4.97. The zero-order valence-electron chi connectivity index (χ0n) is 17.8. The number of sulfonamides is 1. The molecule has 1 aliphatic carbocycles. The van der Waals surface area contributed by atoms with Crippen molar-refractivity contribution in [2.24, 2.45) is 5.92 Å².